The number of thiazole rings is 1. The van der Waals surface area contributed by atoms with Crippen LogP contribution in [0.4, 0.5) is 9.52 Å². The Bertz CT molecular complexity index is 978. The molecule has 4 nitrogen and oxygen atoms in total. The molecule has 2 aromatic carbocycles. The number of rotatable bonds is 9. The number of methoxy groups -OCH3 is 2. The van der Waals surface area contributed by atoms with E-state index in [9.17, 15) is 4.39 Å². The Morgan fingerprint density at radius 1 is 1.17 bits per heavy atom. The highest BCUT2D eigenvalue weighted by Gasteiger charge is 2.23. The zero-order valence-electron chi connectivity index (χ0n) is 17.6. The summed E-state index contributed by atoms with van der Waals surface area (Å²) in [7, 11) is 3.30. The molecule has 1 unspecified atom stereocenters. The summed E-state index contributed by atoms with van der Waals surface area (Å²) in [4.78, 5) is 8.17. The molecule has 0 radical (unpaired) electrons. The van der Waals surface area contributed by atoms with E-state index in [4.69, 9.17) is 26.1 Å². The molecule has 1 heterocycles. The number of ether oxygens (including phenoxy) is 2. The van der Waals surface area contributed by atoms with Crippen LogP contribution in [-0.4, -0.2) is 32.0 Å². The van der Waals surface area contributed by atoms with Crippen LogP contribution in [0.25, 0.3) is 11.3 Å². The summed E-state index contributed by atoms with van der Waals surface area (Å²) in [5, 5.41) is 1.48. The first-order valence-electron chi connectivity index (χ1n) is 9.78. The molecule has 0 saturated carbocycles. The predicted molar refractivity (Wildman–Crippen MR) is 122 cm³/mol. The van der Waals surface area contributed by atoms with Crippen LogP contribution >= 0.6 is 22.9 Å². The fourth-order valence-electron chi connectivity index (χ4n) is 3.39. The van der Waals surface area contributed by atoms with Crippen molar-refractivity contribution in [3.05, 3.63) is 63.7 Å². The zero-order chi connectivity index (χ0) is 21.7. The van der Waals surface area contributed by atoms with Gasteiger partial charge in [-0.3, -0.25) is 0 Å². The van der Waals surface area contributed by atoms with Crippen LogP contribution < -0.4 is 9.64 Å². The number of hydrogen-bond acceptors (Lipinski definition) is 5. The Balaban J connectivity index is 1.92. The summed E-state index contributed by atoms with van der Waals surface area (Å²) in [5.41, 5.74) is 2.82. The van der Waals surface area contributed by atoms with Gasteiger partial charge in [-0.2, -0.15) is 0 Å². The minimum atomic E-state index is -0.225. The molecule has 0 aliphatic rings. The number of nitrogens with zero attached hydrogens (tertiary/aromatic N) is 2. The summed E-state index contributed by atoms with van der Waals surface area (Å²) in [5.74, 6) is 0.486. The number of aryl methyl sites for hydroxylation is 1. The second kappa shape index (κ2) is 10.2. The van der Waals surface area contributed by atoms with Gasteiger partial charge >= 0.3 is 0 Å². The van der Waals surface area contributed by atoms with Gasteiger partial charge in [0.15, 0.2) is 5.13 Å². The molecule has 0 aliphatic heterocycles. The van der Waals surface area contributed by atoms with Crippen LogP contribution in [0, 0.1) is 12.7 Å². The molecule has 0 saturated heterocycles. The van der Waals surface area contributed by atoms with Gasteiger partial charge in [0.25, 0.3) is 0 Å². The van der Waals surface area contributed by atoms with Crippen molar-refractivity contribution in [2.75, 3.05) is 25.9 Å². The van der Waals surface area contributed by atoms with Crippen molar-refractivity contribution in [2.45, 2.75) is 32.7 Å². The van der Waals surface area contributed by atoms with Crippen molar-refractivity contribution in [3.8, 4) is 17.0 Å². The molecule has 0 spiro atoms. The molecule has 0 aliphatic carbocycles. The van der Waals surface area contributed by atoms with Gasteiger partial charge in [-0.1, -0.05) is 30.7 Å². The Hall–Kier alpha value is -2.15. The van der Waals surface area contributed by atoms with Gasteiger partial charge in [0.05, 0.1) is 17.8 Å². The van der Waals surface area contributed by atoms with E-state index in [2.05, 4.69) is 11.8 Å². The van der Waals surface area contributed by atoms with Crippen molar-refractivity contribution >= 4 is 28.1 Å². The third-order valence-corrected chi connectivity index (χ3v) is 6.35. The minimum absolute atomic E-state index is 0.167. The topological polar surface area (TPSA) is 34.6 Å². The first kappa shape index (κ1) is 22.5. The van der Waals surface area contributed by atoms with Gasteiger partial charge in [-0.15, -0.1) is 11.3 Å². The molecule has 160 valence electrons. The maximum atomic E-state index is 13.3. The standard InChI is InChI=1S/C23H26ClFN2O2S/c1-5-18(12-16-6-8-17(25)9-7-16)27(14-28-3)23-26-22(15(2)30-23)20-11-10-19(29-4)13-21(20)24/h6-11,13,18H,5,12,14H2,1-4H3. The number of hydrogen-bond donors (Lipinski definition) is 0. The lowest BCUT2D eigenvalue weighted by Gasteiger charge is -2.30. The molecule has 0 amide bonds. The minimum Gasteiger partial charge on any atom is -0.497 e. The lowest BCUT2D eigenvalue weighted by Crippen LogP contribution is -2.38. The van der Waals surface area contributed by atoms with Crippen LogP contribution in [-0.2, 0) is 11.2 Å². The lowest BCUT2D eigenvalue weighted by atomic mass is 10.0. The number of anilines is 1. The third kappa shape index (κ3) is 5.12. The Morgan fingerprint density at radius 2 is 1.90 bits per heavy atom. The Morgan fingerprint density at radius 3 is 2.50 bits per heavy atom. The monoisotopic (exact) mass is 448 g/mol. The SMILES string of the molecule is CCC(Cc1ccc(F)cc1)N(COC)c1nc(-c2ccc(OC)cc2Cl)c(C)s1. The van der Waals surface area contributed by atoms with Gasteiger partial charge in [0.1, 0.15) is 18.3 Å². The normalized spacial score (nSPS) is 12.1. The van der Waals surface area contributed by atoms with Crippen molar-refractivity contribution in [3.63, 3.8) is 0 Å². The summed E-state index contributed by atoms with van der Waals surface area (Å²) >= 11 is 8.11. The highest BCUT2D eigenvalue weighted by molar-refractivity contribution is 7.16. The molecule has 0 bridgehead atoms. The number of benzene rings is 2. The largest absolute Gasteiger partial charge is 0.497 e. The smallest absolute Gasteiger partial charge is 0.188 e. The van der Waals surface area contributed by atoms with Crippen LogP contribution in [0.1, 0.15) is 23.8 Å². The van der Waals surface area contributed by atoms with Crippen LogP contribution in [0.3, 0.4) is 0 Å². The zero-order valence-corrected chi connectivity index (χ0v) is 19.2. The molecule has 0 N–H and O–H groups in total. The number of aromatic nitrogens is 1. The van der Waals surface area contributed by atoms with Gasteiger partial charge in [0.2, 0.25) is 0 Å². The van der Waals surface area contributed by atoms with Gasteiger partial charge in [-0.25, -0.2) is 9.37 Å². The van der Waals surface area contributed by atoms with E-state index in [0.717, 1.165) is 39.7 Å². The first-order valence-corrected chi connectivity index (χ1v) is 11.0. The van der Waals surface area contributed by atoms with E-state index >= 15 is 0 Å². The molecule has 0 fully saturated rings. The van der Waals surface area contributed by atoms with Crippen LogP contribution in [0.2, 0.25) is 5.02 Å². The maximum absolute atomic E-state index is 13.3. The average molecular weight is 449 g/mol. The quantitative estimate of drug-likeness (QED) is 0.357. The third-order valence-electron chi connectivity index (χ3n) is 5.03. The average Bonchev–Trinajstić information content (AvgIpc) is 3.12. The van der Waals surface area contributed by atoms with Gasteiger partial charge < -0.3 is 14.4 Å². The molecular weight excluding hydrogens is 423 g/mol. The summed E-state index contributed by atoms with van der Waals surface area (Å²) < 4.78 is 24.0. The van der Waals surface area contributed by atoms with Gasteiger partial charge in [0, 0.05) is 23.6 Å². The highest BCUT2D eigenvalue weighted by atomic mass is 35.5. The maximum Gasteiger partial charge on any atom is 0.188 e. The van der Waals surface area contributed by atoms with Crippen molar-refractivity contribution in [1.82, 2.24) is 4.98 Å². The molecule has 3 rings (SSSR count). The predicted octanol–water partition coefficient (Wildman–Crippen LogP) is 6.35. The Kier molecular flexibility index (Phi) is 7.69. The highest BCUT2D eigenvalue weighted by Crippen LogP contribution is 2.38. The van der Waals surface area contributed by atoms with Crippen molar-refractivity contribution < 1.29 is 13.9 Å². The fourth-order valence-corrected chi connectivity index (χ4v) is 4.64. The second-order valence-corrected chi connectivity index (χ2v) is 8.62. The summed E-state index contributed by atoms with van der Waals surface area (Å²) in [6.07, 6.45) is 1.68. The van der Waals surface area contributed by atoms with E-state index in [1.165, 1.54) is 12.1 Å². The van der Waals surface area contributed by atoms with Crippen molar-refractivity contribution in [1.29, 1.82) is 0 Å². The van der Waals surface area contributed by atoms with E-state index in [0.29, 0.717) is 17.5 Å². The van der Waals surface area contributed by atoms with Crippen LogP contribution in [0.5, 0.6) is 5.75 Å². The van der Waals surface area contributed by atoms with E-state index < -0.39 is 0 Å². The van der Waals surface area contributed by atoms with Crippen molar-refractivity contribution in [2.24, 2.45) is 0 Å². The second-order valence-electron chi connectivity index (χ2n) is 7.03. The number of halogens is 2. The summed E-state index contributed by atoms with van der Waals surface area (Å²) in [6.45, 7) is 4.60. The molecule has 3 aromatic rings. The first-order chi connectivity index (χ1) is 14.5. The fraction of sp³-hybridized carbons (Fsp3) is 0.348. The molecule has 7 heteroatoms. The van der Waals surface area contributed by atoms with E-state index in [1.54, 1.807) is 31.6 Å². The molecule has 1 aromatic heterocycles. The molecule has 30 heavy (non-hydrogen) atoms. The summed E-state index contributed by atoms with van der Waals surface area (Å²) in [6, 6.07) is 12.4. The molecular formula is C23H26ClFN2O2S. The lowest BCUT2D eigenvalue weighted by molar-refractivity contribution is 0.188. The molecule has 1 atom stereocenters. The van der Waals surface area contributed by atoms with E-state index in [-0.39, 0.29) is 11.9 Å². The van der Waals surface area contributed by atoms with Gasteiger partial charge in [-0.05, 0) is 55.7 Å². The van der Waals surface area contributed by atoms with Crippen LogP contribution in [0.15, 0.2) is 42.5 Å². The van der Waals surface area contributed by atoms with E-state index in [1.807, 2.05) is 31.2 Å². The Labute approximate surface area is 186 Å².